The van der Waals surface area contributed by atoms with Crippen molar-refractivity contribution in [2.45, 2.75) is 19.9 Å². The quantitative estimate of drug-likeness (QED) is 0.862. The van der Waals surface area contributed by atoms with Crippen LogP contribution >= 0.6 is 0 Å². The fraction of sp³-hybridized carbons (Fsp3) is 0.267. The van der Waals surface area contributed by atoms with Crippen molar-refractivity contribution in [2.75, 3.05) is 6.54 Å². The molecular weight excluding hydrogens is 240 g/mol. The van der Waals surface area contributed by atoms with Crippen molar-refractivity contribution in [3.63, 3.8) is 0 Å². The van der Waals surface area contributed by atoms with E-state index in [1.165, 1.54) is 0 Å². The molecule has 1 amide bonds. The van der Waals surface area contributed by atoms with E-state index >= 15 is 0 Å². The van der Waals surface area contributed by atoms with Gasteiger partial charge in [-0.3, -0.25) is 4.79 Å². The molecule has 19 heavy (non-hydrogen) atoms. The first-order valence-electron chi connectivity index (χ1n) is 6.31. The maximum absolute atomic E-state index is 11.9. The first-order valence-corrected chi connectivity index (χ1v) is 6.31. The summed E-state index contributed by atoms with van der Waals surface area (Å²) in [6.45, 7) is 2.89. The highest BCUT2D eigenvalue weighted by Crippen LogP contribution is 2.07. The lowest BCUT2D eigenvalue weighted by Crippen LogP contribution is -2.25. The second-order valence-corrected chi connectivity index (χ2v) is 4.42. The lowest BCUT2D eigenvalue weighted by molar-refractivity contribution is 0.0953. The molecule has 1 heterocycles. The molecular formula is C15H18N2O2. The van der Waals surface area contributed by atoms with Crippen LogP contribution in [0.1, 0.15) is 27.4 Å². The Labute approximate surface area is 112 Å². The van der Waals surface area contributed by atoms with Crippen molar-refractivity contribution in [1.82, 2.24) is 5.32 Å². The number of amides is 1. The van der Waals surface area contributed by atoms with E-state index in [2.05, 4.69) is 5.32 Å². The molecule has 0 aliphatic heterocycles. The number of carbonyl (C=O) groups excluding carboxylic acids is 1. The summed E-state index contributed by atoms with van der Waals surface area (Å²) in [5.41, 5.74) is 7.14. The summed E-state index contributed by atoms with van der Waals surface area (Å²) >= 11 is 0. The second-order valence-electron chi connectivity index (χ2n) is 4.42. The van der Waals surface area contributed by atoms with Gasteiger partial charge >= 0.3 is 0 Å². The van der Waals surface area contributed by atoms with Gasteiger partial charge in [-0.15, -0.1) is 0 Å². The van der Waals surface area contributed by atoms with Gasteiger partial charge in [-0.05, 0) is 36.8 Å². The molecule has 2 aromatic rings. The molecule has 1 aromatic heterocycles. The lowest BCUT2D eigenvalue weighted by Gasteiger charge is -2.05. The minimum Gasteiger partial charge on any atom is -0.466 e. The number of furan rings is 1. The van der Waals surface area contributed by atoms with Crippen LogP contribution in [0.4, 0.5) is 0 Å². The molecule has 0 saturated heterocycles. The Morgan fingerprint density at radius 3 is 2.84 bits per heavy atom. The first kappa shape index (κ1) is 13.4. The third-order valence-corrected chi connectivity index (χ3v) is 2.88. The van der Waals surface area contributed by atoms with Crippen LogP contribution in [0.2, 0.25) is 0 Å². The van der Waals surface area contributed by atoms with Crippen molar-refractivity contribution in [1.29, 1.82) is 0 Å². The molecule has 0 atom stereocenters. The second kappa shape index (κ2) is 6.20. The van der Waals surface area contributed by atoms with Crippen LogP contribution < -0.4 is 11.1 Å². The molecule has 0 aliphatic rings. The molecule has 0 bridgehead atoms. The highest BCUT2D eigenvalue weighted by molar-refractivity contribution is 5.94. The van der Waals surface area contributed by atoms with E-state index < -0.39 is 0 Å². The molecule has 0 radical (unpaired) electrons. The molecule has 4 heteroatoms. The molecule has 4 nitrogen and oxygen atoms in total. The summed E-state index contributed by atoms with van der Waals surface area (Å²) in [4.78, 5) is 11.9. The summed E-state index contributed by atoms with van der Waals surface area (Å²) < 4.78 is 5.44. The molecule has 0 aliphatic carbocycles. The summed E-state index contributed by atoms with van der Waals surface area (Å²) in [7, 11) is 0. The fourth-order valence-electron chi connectivity index (χ4n) is 1.86. The predicted octanol–water partition coefficient (Wildman–Crippen LogP) is 2.02. The van der Waals surface area contributed by atoms with E-state index in [1.807, 2.05) is 37.3 Å². The van der Waals surface area contributed by atoms with Crippen molar-refractivity contribution in [3.05, 3.63) is 59.0 Å². The van der Waals surface area contributed by atoms with E-state index in [9.17, 15) is 4.79 Å². The number of nitrogens with two attached hydrogens (primary N) is 1. The van der Waals surface area contributed by atoms with E-state index in [-0.39, 0.29) is 5.91 Å². The zero-order valence-electron chi connectivity index (χ0n) is 11.0. The Morgan fingerprint density at radius 1 is 1.32 bits per heavy atom. The Morgan fingerprint density at radius 2 is 2.16 bits per heavy atom. The van der Waals surface area contributed by atoms with Crippen molar-refractivity contribution in [2.24, 2.45) is 5.73 Å². The number of hydrogen-bond donors (Lipinski definition) is 2. The van der Waals surface area contributed by atoms with Crippen LogP contribution in [0, 0.1) is 6.92 Å². The van der Waals surface area contributed by atoms with E-state index in [0.717, 1.165) is 17.1 Å². The highest BCUT2D eigenvalue weighted by Gasteiger charge is 2.06. The van der Waals surface area contributed by atoms with Gasteiger partial charge in [0.2, 0.25) is 0 Å². The third-order valence-electron chi connectivity index (χ3n) is 2.88. The molecule has 0 unspecified atom stereocenters. The number of benzene rings is 1. The molecule has 1 aromatic carbocycles. The maximum Gasteiger partial charge on any atom is 0.251 e. The van der Waals surface area contributed by atoms with Crippen LogP contribution in [0.3, 0.4) is 0 Å². The topological polar surface area (TPSA) is 68.3 Å². The summed E-state index contributed by atoms with van der Waals surface area (Å²) in [6.07, 6.45) is 0.691. The van der Waals surface area contributed by atoms with Gasteiger partial charge in [0.1, 0.15) is 11.5 Å². The fourth-order valence-corrected chi connectivity index (χ4v) is 1.86. The Hall–Kier alpha value is -2.07. The lowest BCUT2D eigenvalue weighted by atomic mass is 10.1. The highest BCUT2D eigenvalue weighted by atomic mass is 16.3. The van der Waals surface area contributed by atoms with Gasteiger partial charge in [0.25, 0.3) is 5.91 Å². The average molecular weight is 258 g/mol. The zero-order valence-corrected chi connectivity index (χ0v) is 11.0. The smallest absolute Gasteiger partial charge is 0.251 e. The average Bonchev–Trinajstić information content (AvgIpc) is 2.84. The summed E-state index contributed by atoms with van der Waals surface area (Å²) in [6, 6.07) is 11.2. The van der Waals surface area contributed by atoms with Gasteiger partial charge in [0, 0.05) is 25.1 Å². The van der Waals surface area contributed by atoms with Gasteiger partial charge < -0.3 is 15.5 Å². The minimum absolute atomic E-state index is 0.0846. The molecule has 0 spiro atoms. The minimum atomic E-state index is -0.0846. The Bertz CT molecular complexity index is 561. The molecule has 3 N–H and O–H groups in total. The zero-order chi connectivity index (χ0) is 13.7. The van der Waals surface area contributed by atoms with Gasteiger partial charge in [0.15, 0.2) is 0 Å². The first-order chi connectivity index (χ1) is 9.19. The summed E-state index contributed by atoms with van der Waals surface area (Å²) in [5, 5.41) is 2.87. The number of aryl methyl sites for hydroxylation is 1. The van der Waals surface area contributed by atoms with Crippen molar-refractivity contribution in [3.8, 4) is 0 Å². The predicted molar refractivity (Wildman–Crippen MR) is 73.8 cm³/mol. The monoisotopic (exact) mass is 258 g/mol. The van der Waals surface area contributed by atoms with Gasteiger partial charge in [0.05, 0.1) is 0 Å². The van der Waals surface area contributed by atoms with E-state index in [1.54, 1.807) is 6.07 Å². The number of hydrogen-bond acceptors (Lipinski definition) is 3. The molecule has 100 valence electrons. The largest absolute Gasteiger partial charge is 0.466 e. The number of rotatable bonds is 5. The maximum atomic E-state index is 11.9. The van der Waals surface area contributed by atoms with Crippen LogP contribution in [-0.4, -0.2) is 12.5 Å². The normalized spacial score (nSPS) is 10.4. The third kappa shape index (κ3) is 3.69. The van der Waals surface area contributed by atoms with Crippen LogP contribution in [-0.2, 0) is 13.0 Å². The van der Waals surface area contributed by atoms with Crippen LogP contribution in [0.15, 0.2) is 40.8 Å². The SMILES string of the molecule is Cc1ccc(CCNC(=O)c2cccc(CN)c2)o1. The van der Waals surface area contributed by atoms with Crippen LogP contribution in [0.25, 0.3) is 0 Å². The van der Waals surface area contributed by atoms with Gasteiger partial charge in [-0.1, -0.05) is 12.1 Å². The Kier molecular flexibility index (Phi) is 4.36. The standard InChI is InChI=1S/C15H18N2O2/c1-11-5-6-14(19-11)7-8-17-15(18)13-4-2-3-12(9-13)10-16/h2-6,9H,7-8,10,16H2,1H3,(H,17,18). The van der Waals surface area contributed by atoms with E-state index in [4.69, 9.17) is 10.2 Å². The van der Waals surface area contributed by atoms with Gasteiger partial charge in [-0.25, -0.2) is 0 Å². The number of nitrogens with one attached hydrogen (secondary N) is 1. The van der Waals surface area contributed by atoms with Crippen molar-refractivity contribution < 1.29 is 9.21 Å². The van der Waals surface area contributed by atoms with Gasteiger partial charge in [-0.2, -0.15) is 0 Å². The molecule has 0 saturated carbocycles. The molecule has 0 fully saturated rings. The molecule has 2 rings (SSSR count). The van der Waals surface area contributed by atoms with Crippen LogP contribution in [0.5, 0.6) is 0 Å². The Balaban J connectivity index is 1.87. The number of carbonyl (C=O) groups is 1. The van der Waals surface area contributed by atoms with Crippen molar-refractivity contribution >= 4 is 5.91 Å². The van der Waals surface area contributed by atoms with E-state index in [0.29, 0.717) is 25.1 Å². The summed E-state index contributed by atoms with van der Waals surface area (Å²) in [5.74, 6) is 1.68.